The highest BCUT2D eigenvalue weighted by molar-refractivity contribution is 9.10. The molecule has 4 heteroatoms. The Morgan fingerprint density at radius 1 is 1.78 bits per heavy atom. The zero-order valence-corrected chi connectivity index (χ0v) is 6.09. The molecule has 2 rings (SSSR count). The lowest BCUT2D eigenvalue weighted by atomic mass is 10.3. The number of hydrogen-bond acceptors (Lipinski definition) is 3. The minimum absolute atomic E-state index is 0.227. The van der Waals surface area contributed by atoms with Crippen molar-refractivity contribution >= 4 is 15.9 Å². The van der Waals surface area contributed by atoms with Gasteiger partial charge in [-0.15, -0.1) is 0 Å². The van der Waals surface area contributed by atoms with E-state index in [1.165, 1.54) is 0 Å². The second kappa shape index (κ2) is 1.82. The molecule has 0 radical (unpaired) electrons. The summed E-state index contributed by atoms with van der Waals surface area (Å²) >= 11 is 3.22. The SMILES string of the molecule is Brc1nocc1C1CO1. The van der Waals surface area contributed by atoms with Crippen molar-refractivity contribution in [1.29, 1.82) is 0 Å². The summed E-state index contributed by atoms with van der Waals surface area (Å²) in [6.07, 6.45) is 1.83. The van der Waals surface area contributed by atoms with E-state index in [1.54, 1.807) is 6.26 Å². The maximum absolute atomic E-state index is 5.00. The van der Waals surface area contributed by atoms with Crippen LogP contribution in [0.3, 0.4) is 0 Å². The fourth-order valence-electron chi connectivity index (χ4n) is 0.667. The molecule has 1 aromatic heterocycles. The molecule has 0 aliphatic carbocycles. The molecule has 9 heavy (non-hydrogen) atoms. The van der Waals surface area contributed by atoms with Gasteiger partial charge in [-0.2, -0.15) is 0 Å². The van der Waals surface area contributed by atoms with Crippen molar-refractivity contribution in [3.05, 3.63) is 16.4 Å². The molecule has 1 unspecified atom stereocenters. The lowest BCUT2D eigenvalue weighted by Gasteiger charge is -1.81. The second-order valence-electron chi connectivity index (χ2n) is 1.88. The second-order valence-corrected chi connectivity index (χ2v) is 2.63. The summed E-state index contributed by atoms with van der Waals surface area (Å²) in [6.45, 7) is 0.791. The predicted molar refractivity (Wildman–Crippen MR) is 32.9 cm³/mol. The highest BCUT2D eigenvalue weighted by Gasteiger charge is 2.28. The Kier molecular flexibility index (Phi) is 1.10. The molecule has 0 amide bonds. The van der Waals surface area contributed by atoms with Gasteiger partial charge < -0.3 is 9.26 Å². The van der Waals surface area contributed by atoms with E-state index in [1.807, 2.05) is 0 Å². The van der Waals surface area contributed by atoms with Gasteiger partial charge in [0.1, 0.15) is 12.4 Å². The molecule has 48 valence electrons. The van der Waals surface area contributed by atoms with Crippen LogP contribution in [-0.4, -0.2) is 11.8 Å². The van der Waals surface area contributed by atoms with Gasteiger partial charge in [0.15, 0.2) is 4.60 Å². The molecule has 1 aliphatic rings. The first-order valence-electron chi connectivity index (χ1n) is 2.59. The zero-order chi connectivity index (χ0) is 6.27. The molecule has 1 saturated heterocycles. The van der Waals surface area contributed by atoms with Gasteiger partial charge in [-0.25, -0.2) is 0 Å². The van der Waals surface area contributed by atoms with Gasteiger partial charge in [-0.1, -0.05) is 5.16 Å². The molecule has 0 N–H and O–H groups in total. The van der Waals surface area contributed by atoms with Crippen molar-refractivity contribution in [2.24, 2.45) is 0 Å². The molecule has 0 spiro atoms. The van der Waals surface area contributed by atoms with Crippen LogP contribution in [0, 0.1) is 0 Å². The average Bonchev–Trinajstić information content (AvgIpc) is 2.58. The molecule has 3 nitrogen and oxygen atoms in total. The average molecular weight is 190 g/mol. The molecule has 1 atom stereocenters. The predicted octanol–water partition coefficient (Wildman–Crippen LogP) is 1.51. The van der Waals surface area contributed by atoms with Crippen LogP contribution in [0.15, 0.2) is 15.4 Å². The summed E-state index contributed by atoms with van der Waals surface area (Å²) in [6, 6.07) is 0. The quantitative estimate of drug-likeness (QED) is 0.630. The molecule has 1 aliphatic heterocycles. The number of rotatable bonds is 1. The third-order valence-corrected chi connectivity index (χ3v) is 1.83. The van der Waals surface area contributed by atoms with Crippen LogP contribution in [0.2, 0.25) is 0 Å². The molecule has 0 bridgehead atoms. The van der Waals surface area contributed by atoms with Crippen molar-refractivity contribution < 1.29 is 9.26 Å². The van der Waals surface area contributed by atoms with E-state index in [0.29, 0.717) is 0 Å². The van der Waals surface area contributed by atoms with Crippen molar-refractivity contribution in [2.45, 2.75) is 6.10 Å². The maximum atomic E-state index is 5.00. The first-order chi connectivity index (χ1) is 4.38. The summed E-state index contributed by atoms with van der Waals surface area (Å²) in [4.78, 5) is 0. The van der Waals surface area contributed by atoms with E-state index in [0.717, 1.165) is 16.8 Å². The number of aromatic nitrogens is 1. The first-order valence-corrected chi connectivity index (χ1v) is 3.38. The summed E-state index contributed by atoms with van der Waals surface area (Å²) in [5, 5.41) is 3.64. The Bertz CT molecular complexity index is 218. The number of epoxide rings is 1. The Morgan fingerprint density at radius 3 is 3.00 bits per heavy atom. The Balaban J connectivity index is 2.35. The standard InChI is InChI=1S/C5H4BrNO2/c6-5-3(1-9-7-5)4-2-8-4/h1,4H,2H2. The van der Waals surface area contributed by atoms with Crippen molar-refractivity contribution in [3.8, 4) is 0 Å². The van der Waals surface area contributed by atoms with Crippen LogP contribution in [0.4, 0.5) is 0 Å². The minimum Gasteiger partial charge on any atom is -0.368 e. The van der Waals surface area contributed by atoms with Crippen molar-refractivity contribution in [1.82, 2.24) is 5.16 Å². The summed E-state index contributed by atoms with van der Waals surface area (Å²) in [7, 11) is 0. The Hall–Kier alpha value is -0.350. The maximum Gasteiger partial charge on any atom is 0.155 e. The third kappa shape index (κ3) is 0.881. The zero-order valence-electron chi connectivity index (χ0n) is 4.50. The van der Waals surface area contributed by atoms with Crippen LogP contribution in [0.25, 0.3) is 0 Å². The minimum atomic E-state index is 0.227. The van der Waals surface area contributed by atoms with Crippen molar-refractivity contribution in [3.63, 3.8) is 0 Å². The molecular weight excluding hydrogens is 186 g/mol. The summed E-state index contributed by atoms with van der Waals surface area (Å²) in [5.41, 5.74) is 1.01. The van der Waals surface area contributed by atoms with Gasteiger partial charge in [-0.3, -0.25) is 0 Å². The highest BCUT2D eigenvalue weighted by Crippen LogP contribution is 2.33. The smallest absolute Gasteiger partial charge is 0.155 e. The van der Waals surface area contributed by atoms with Crippen molar-refractivity contribution in [2.75, 3.05) is 6.61 Å². The van der Waals surface area contributed by atoms with Gasteiger partial charge in [0.25, 0.3) is 0 Å². The number of halogens is 1. The highest BCUT2D eigenvalue weighted by atomic mass is 79.9. The first kappa shape index (κ1) is 5.44. The Labute approximate surface area is 60.1 Å². The van der Waals surface area contributed by atoms with Crippen LogP contribution < -0.4 is 0 Å². The van der Waals surface area contributed by atoms with Crippen LogP contribution in [0.5, 0.6) is 0 Å². The number of nitrogens with zero attached hydrogens (tertiary/aromatic N) is 1. The number of ether oxygens (including phenoxy) is 1. The lowest BCUT2D eigenvalue weighted by molar-refractivity contribution is 0.404. The van der Waals surface area contributed by atoms with Crippen LogP contribution in [-0.2, 0) is 4.74 Å². The van der Waals surface area contributed by atoms with E-state index in [4.69, 9.17) is 4.74 Å². The molecular formula is C5H4BrNO2. The third-order valence-electron chi connectivity index (χ3n) is 1.23. The monoisotopic (exact) mass is 189 g/mol. The molecule has 0 aromatic carbocycles. The van der Waals surface area contributed by atoms with Gasteiger partial charge in [0, 0.05) is 0 Å². The van der Waals surface area contributed by atoms with Gasteiger partial charge >= 0.3 is 0 Å². The Morgan fingerprint density at radius 2 is 2.56 bits per heavy atom. The fourth-order valence-corrected chi connectivity index (χ4v) is 1.10. The van der Waals surface area contributed by atoms with Crippen LogP contribution >= 0.6 is 15.9 Å². The molecule has 2 heterocycles. The van der Waals surface area contributed by atoms with Crippen LogP contribution in [0.1, 0.15) is 11.7 Å². The normalized spacial score (nSPS) is 24.3. The lowest BCUT2D eigenvalue weighted by Crippen LogP contribution is -1.74. The van der Waals surface area contributed by atoms with Gasteiger partial charge in [0.05, 0.1) is 12.2 Å². The van der Waals surface area contributed by atoms with E-state index in [2.05, 4.69) is 25.6 Å². The topological polar surface area (TPSA) is 38.6 Å². The summed E-state index contributed by atoms with van der Waals surface area (Å²) in [5.74, 6) is 0. The van der Waals surface area contributed by atoms with E-state index in [-0.39, 0.29) is 6.10 Å². The largest absolute Gasteiger partial charge is 0.368 e. The van der Waals surface area contributed by atoms with E-state index < -0.39 is 0 Å². The molecule has 0 saturated carbocycles. The molecule has 1 aromatic rings. The van der Waals surface area contributed by atoms with E-state index in [9.17, 15) is 0 Å². The van der Waals surface area contributed by atoms with Gasteiger partial charge in [0.2, 0.25) is 0 Å². The van der Waals surface area contributed by atoms with Gasteiger partial charge in [-0.05, 0) is 15.9 Å². The fraction of sp³-hybridized carbons (Fsp3) is 0.400. The summed E-state index contributed by atoms with van der Waals surface area (Å²) < 4.78 is 10.4. The molecule has 1 fully saturated rings. The number of hydrogen-bond donors (Lipinski definition) is 0. The van der Waals surface area contributed by atoms with E-state index >= 15 is 0 Å².